The Morgan fingerprint density at radius 2 is 1.81 bits per heavy atom. The average molecular weight is 353 g/mol. The van der Waals surface area contributed by atoms with Crippen LogP contribution in [0.3, 0.4) is 0 Å². The number of ether oxygens (including phenoxy) is 3. The van der Waals surface area contributed by atoms with E-state index in [2.05, 4.69) is 0 Å². The molecule has 1 amide bonds. The third kappa shape index (κ3) is 3.22. The van der Waals surface area contributed by atoms with Gasteiger partial charge in [-0.1, -0.05) is 17.7 Å². The van der Waals surface area contributed by atoms with E-state index in [0.29, 0.717) is 42.7 Å². The lowest BCUT2D eigenvalue weighted by molar-refractivity contribution is -0.139. The van der Waals surface area contributed by atoms with Crippen molar-refractivity contribution in [1.29, 1.82) is 0 Å². The van der Waals surface area contributed by atoms with Gasteiger partial charge in [-0.05, 0) is 31.2 Å². The molecule has 2 aromatic rings. The largest absolute Gasteiger partial charge is 0.486 e. The topological polar surface area (TPSA) is 65.1 Å². The molecule has 6 heteroatoms. The molecule has 0 N–H and O–H groups in total. The maximum absolute atomic E-state index is 12.4. The Bertz CT molecular complexity index is 846. The highest BCUT2D eigenvalue weighted by Crippen LogP contribution is 2.36. The smallest absolute Gasteiger partial charge is 0.316 e. The van der Waals surface area contributed by atoms with Gasteiger partial charge < -0.3 is 19.1 Å². The summed E-state index contributed by atoms with van der Waals surface area (Å²) in [6.45, 7) is 3.26. The van der Waals surface area contributed by atoms with Crippen molar-refractivity contribution in [2.24, 2.45) is 5.92 Å². The second-order valence-corrected chi connectivity index (χ2v) is 6.47. The van der Waals surface area contributed by atoms with Crippen molar-refractivity contribution < 1.29 is 23.8 Å². The Morgan fingerprint density at radius 1 is 1.08 bits per heavy atom. The van der Waals surface area contributed by atoms with E-state index in [-0.39, 0.29) is 18.3 Å². The molecule has 1 saturated heterocycles. The van der Waals surface area contributed by atoms with Gasteiger partial charge in [0.2, 0.25) is 5.91 Å². The number of nitrogens with zero attached hydrogens (tertiary/aromatic N) is 1. The van der Waals surface area contributed by atoms with Crippen LogP contribution in [0.2, 0.25) is 0 Å². The van der Waals surface area contributed by atoms with Crippen molar-refractivity contribution in [3.8, 4) is 17.2 Å². The van der Waals surface area contributed by atoms with E-state index in [9.17, 15) is 9.59 Å². The van der Waals surface area contributed by atoms with E-state index >= 15 is 0 Å². The SMILES string of the molecule is Cc1ccc(OC(=O)[C@@H]2CC(=O)N(c3ccc4c(c3)OCCO4)C2)cc1. The van der Waals surface area contributed by atoms with Gasteiger partial charge in [-0.15, -0.1) is 0 Å². The zero-order chi connectivity index (χ0) is 18.1. The molecule has 6 nitrogen and oxygen atoms in total. The number of fused-ring (bicyclic) bond motifs is 1. The molecule has 2 aliphatic heterocycles. The quantitative estimate of drug-likeness (QED) is 0.627. The molecule has 134 valence electrons. The zero-order valence-electron chi connectivity index (χ0n) is 14.4. The van der Waals surface area contributed by atoms with Crippen LogP contribution in [0.15, 0.2) is 42.5 Å². The van der Waals surface area contributed by atoms with Crippen LogP contribution in [-0.4, -0.2) is 31.6 Å². The summed E-state index contributed by atoms with van der Waals surface area (Å²) < 4.78 is 16.5. The first kappa shape index (κ1) is 16.4. The zero-order valence-corrected chi connectivity index (χ0v) is 14.4. The summed E-state index contributed by atoms with van der Waals surface area (Å²) >= 11 is 0. The molecule has 0 unspecified atom stereocenters. The maximum Gasteiger partial charge on any atom is 0.316 e. The number of carbonyl (C=O) groups excluding carboxylic acids is 2. The van der Waals surface area contributed by atoms with Gasteiger partial charge in [0.1, 0.15) is 19.0 Å². The summed E-state index contributed by atoms with van der Waals surface area (Å²) in [5.41, 5.74) is 1.79. The first-order valence-corrected chi connectivity index (χ1v) is 8.58. The van der Waals surface area contributed by atoms with Crippen LogP contribution in [0.4, 0.5) is 5.69 Å². The molecule has 0 aromatic heterocycles. The molecular formula is C20H19NO5. The minimum absolute atomic E-state index is 0.104. The second kappa shape index (κ2) is 6.71. The van der Waals surface area contributed by atoms with E-state index < -0.39 is 5.92 Å². The lowest BCUT2D eigenvalue weighted by Crippen LogP contribution is -2.27. The molecule has 1 fully saturated rings. The predicted octanol–water partition coefficient (Wildman–Crippen LogP) is 2.72. The monoisotopic (exact) mass is 353 g/mol. The lowest BCUT2D eigenvalue weighted by atomic mass is 10.1. The van der Waals surface area contributed by atoms with E-state index in [1.54, 1.807) is 35.2 Å². The number of esters is 1. The summed E-state index contributed by atoms with van der Waals surface area (Å²) in [4.78, 5) is 26.4. The van der Waals surface area contributed by atoms with Crippen LogP contribution in [0, 0.1) is 12.8 Å². The number of hydrogen-bond donors (Lipinski definition) is 0. The Morgan fingerprint density at radius 3 is 2.58 bits per heavy atom. The van der Waals surface area contributed by atoms with Crippen LogP contribution < -0.4 is 19.1 Å². The van der Waals surface area contributed by atoms with Gasteiger partial charge in [-0.25, -0.2) is 0 Å². The highest BCUT2D eigenvalue weighted by Gasteiger charge is 2.36. The standard InChI is InChI=1S/C20H19NO5/c1-13-2-5-16(6-3-13)26-20(23)14-10-19(22)21(12-14)15-4-7-17-18(11-15)25-9-8-24-17/h2-7,11,14H,8-10,12H2,1H3/t14-/m1/s1. The van der Waals surface area contributed by atoms with Gasteiger partial charge in [0.05, 0.1) is 5.92 Å². The van der Waals surface area contributed by atoms with Gasteiger partial charge >= 0.3 is 5.97 Å². The lowest BCUT2D eigenvalue weighted by Gasteiger charge is -2.22. The molecule has 2 heterocycles. The number of benzene rings is 2. The van der Waals surface area contributed by atoms with E-state index in [4.69, 9.17) is 14.2 Å². The molecule has 2 aliphatic rings. The average Bonchev–Trinajstić information content (AvgIpc) is 3.05. The van der Waals surface area contributed by atoms with Gasteiger partial charge in [0.25, 0.3) is 0 Å². The molecule has 0 spiro atoms. The number of carbonyl (C=O) groups is 2. The van der Waals surface area contributed by atoms with Gasteiger partial charge in [-0.2, -0.15) is 0 Å². The van der Waals surface area contributed by atoms with Crippen molar-refractivity contribution >= 4 is 17.6 Å². The molecule has 0 radical (unpaired) electrons. The fraction of sp³-hybridized carbons (Fsp3) is 0.300. The van der Waals surface area contributed by atoms with Crippen molar-refractivity contribution in [3.63, 3.8) is 0 Å². The molecule has 26 heavy (non-hydrogen) atoms. The van der Waals surface area contributed by atoms with Gasteiger partial charge in [0.15, 0.2) is 11.5 Å². The summed E-state index contributed by atoms with van der Waals surface area (Å²) in [6.07, 6.45) is 0.138. The fourth-order valence-corrected chi connectivity index (χ4v) is 3.12. The molecule has 4 rings (SSSR count). The Labute approximate surface area is 151 Å². The highest BCUT2D eigenvalue weighted by molar-refractivity contribution is 6.00. The number of anilines is 1. The summed E-state index contributed by atoms with van der Waals surface area (Å²) in [5.74, 6) is 0.798. The van der Waals surface area contributed by atoms with Crippen LogP contribution in [0.25, 0.3) is 0 Å². The summed E-state index contributed by atoms with van der Waals surface area (Å²) in [5, 5.41) is 0. The molecule has 0 aliphatic carbocycles. The summed E-state index contributed by atoms with van der Waals surface area (Å²) in [6, 6.07) is 12.6. The minimum Gasteiger partial charge on any atom is -0.486 e. The van der Waals surface area contributed by atoms with Crippen molar-refractivity contribution in [2.45, 2.75) is 13.3 Å². The number of hydrogen-bond acceptors (Lipinski definition) is 5. The first-order chi connectivity index (χ1) is 12.6. The number of amides is 1. The van der Waals surface area contributed by atoms with Crippen LogP contribution in [0.1, 0.15) is 12.0 Å². The molecule has 1 atom stereocenters. The fourth-order valence-electron chi connectivity index (χ4n) is 3.12. The maximum atomic E-state index is 12.4. The van der Waals surface area contributed by atoms with Crippen LogP contribution >= 0.6 is 0 Å². The molecular weight excluding hydrogens is 334 g/mol. The summed E-state index contributed by atoms with van der Waals surface area (Å²) in [7, 11) is 0. The third-order valence-corrected chi connectivity index (χ3v) is 4.54. The highest BCUT2D eigenvalue weighted by atomic mass is 16.6. The minimum atomic E-state index is -0.489. The van der Waals surface area contributed by atoms with Crippen molar-refractivity contribution in [3.05, 3.63) is 48.0 Å². The van der Waals surface area contributed by atoms with Gasteiger partial charge in [-0.3, -0.25) is 9.59 Å². The number of aryl methyl sites for hydroxylation is 1. The van der Waals surface area contributed by atoms with Gasteiger partial charge in [0, 0.05) is 24.7 Å². The predicted molar refractivity (Wildman–Crippen MR) is 94.7 cm³/mol. The normalized spacial score (nSPS) is 18.7. The molecule has 0 bridgehead atoms. The van der Waals surface area contributed by atoms with Crippen LogP contribution in [0.5, 0.6) is 17.2 Å². The van der Waals surface area contributed by atoms with Crippen molar-refractivity contribution in [2.75, 3.05) is 24.7 Å². The Kier molecular flexibility index (Phi) is 4.24. The second-order valence-electron chi connectivity index (χ2n) is 6.47. The van der Waals surface area contributed by atoms with E-state index in [1.165, 1.54) is 0 Å². The van der Waals surface area contributed by atoms with Crippen LogP contribution in [-0.2, 0) is 9.59 Å². The number of rotatable bonds is 3. The third-order valence-electron chi connectivity index (χ3n) is 4.54. The molecule has 2 aromatic carbocycles. The first-order valence-electron chi connectivity index (χ1n) is 8.58. The van der Waals surface area contributed by atoms with E-state index in [1.807, 2.05) is 19.1 Å². The van der Waals surface area contributed by atoms with E-state index in [0.717, 1.165) is 5.56 Å². The van der Waals surface area contributed by atoms with Crippen molar-refractivity contribution in [1.82, 2.24) is 0 Å². The Balaban J connectivity index is 1.46. The molecule has 0 saturated carbocycles. The Hall–Kier alpha value is -3.02.